The van der Waals surface area contributed by atoms with Gasteiger partial charge in [-0.1, -0.05) is 30.8 Å². The Morgan fingerprint density at radius 3 is 2.38 bits per heavy atom. The average molecular weight is 613 g/mol. The van der Waals surface area contributed by atoms with Gasteiger partial charge in [-0.15, -0.1) is 0 Å². The molecule has 0 fully saturated rings. The first kappa shape index (κ1) is 26.2. The van der Waals surface area contributed by atoms with Crippen LogP contribution < -0.4 is 4.74 Å². The molecule has 0 aliphatic carbocycles. The lowest BCUT2D eigenvalue weighted by Gasteiger charge is -2.12. The van der Waals surface area contributed by atoms with Crippen molar-refractivity contribution in [1.29, 1.82) is 0 Å². The van der Waals surface area contributed by atoms with Gasteiger partial charge in [0.1, 0.15) is 34.5 Å². The van der Waals surface area contributed by atoms with Crippen LogP contribution in [0.2, 0.25) is 0 Å². The number of nitrogens with zero attached hydrogens (tertiary/aromatic N) is 1. The molecule has 178 valence electrons. The molecule has 1 aliphatic rings. The number of aliphatic hydroxyl groups is 1. The third-order valence-electron chi connectivity index (χ3n) is 4.51. The molecule has 1 N–H and O–H groups in total. The molecule has 0 radical (unpaired) electrons. The molecule has 1 heterocycles. The molecule has 0 saturated heterocycles. The standard InChI is InChI=1S/C24H20Br2FNO5S/c1-3-19(29)28-23-20(24(31)32-4-2)21(30)18(34-23)11-14-9-16(25)22(17(26)10-14)33-12-13-5-7-15(27)8-6-13/h5-11,30H,3-4,12H2,1-2H3/b18-11-,28-23?. The van der Waals surface area contributed by atoms with Crippen molar-refractivity contribution in [2.75, 3.05) is 6.61 Å². The number of amides is 1. The molecule has 0 unspecified atom stereocenters. The van der Waals surface area contributed by atoms with Crippen molar-refractivity contribution >= 4 is 66.6 Å². The van der Waals surface area contributed by atoms with E-state index in [1.165, 1.54) is 12.1 Å². The van der Waals surface area contributed by atoms with Gasteiger partial charge in [-0.3, -0.25) is 4.79 Å². The number of benzene rings is 2. The van der Waals surface area contributed by atoms with E-state index in [1.54, 1.807) is 44.2 Å². The minimum Gasteiger partial charge on any atom is -0.506 e. The van der Waals surface area contributed by atoms with Crippen LogP contribution in [-0.2, 0) is 20.9 Å². The maximum Gasteiger partial charge on any atom is 0.344 e. The van der Waals surface area contributed by atoms with E-state index < -0.39 is 11.9 Å². The van der Waals surface area contributed by atoms with Crippen molar-refractivity contribution < 1.29 is 28.6 Å². The predicted molar refractivity (Wildman–Crippen MR) is 137 cm³/mol. The number of hydrogen-bond donors (Lipinski definition) is 1. The molecule has 1 amide bonds. The van der Waals surface area contributed by atoms with Gasteiger partial charge in [0.25, 0.3) is 0 Å². The predicted octanol–water partition coefficient (Wildman–Crippen LogP) is 6.73. The Labute approximate surface area is 217 Å². The minimum absolute atomic E-state index is 0.103. The molecule has 1 aliphatic heterocycles. The van der Waals surface area contributed by atoms with Crippen LogP contribution in [0.5, 0.6) is 5.75 Å². The Bertz CT molecular complexity index is 1190. The van der Waals surface area contributed by atoms with Crippen LogP contribution in [0, 0.1) is 5.82 Å². The maximum absolute atomic E-state index is 13.1. The van der Waals surface area contributed by atoms with Gasteiger partial charge in [0, 0.05) is 6.42 Å². The number of thioether (sulfide) groups is 1. The number of rotatable bonds is 7. The summed E-state index contributed by atoms with van der Waals surface area (Å²) in [6.45, 7) is 3.67. The fourth-order valence-corrected chi connectivity index (χ4v) is 5.35. The summed E-state index contributed by atoms with van der Waals surface area (Å²) in [5.41, 5.74) is 1.37. The van der Waals surface area contributed by atoms with Crippen molar-refractivity contribution in [2.24, 2.45) is 4.99 Å². The van der Waals surface area contributed by atoms with Gasteiger partial charge in [0.2, 0.25) is 5.91 Å². The molecule has 0 saturated carbocycles. The topological polar surface area (TPSA) is 85.2 Å². The molecular weight excluding hydrogens is 593 g/mol. The van der Waals surface area contributed by atoms with E-state index in [4.69, 9.17) is 9.47 Å². The van der Waals surface area contributed by atoms with E-state index in [2.05, 4.69) is 36.9 Å². The lowest BCUT2D eigenvalue weighted by atomic mass is 10.1. The molecule has 0 aromatic heterocycles. The van der Waals surface area contributed by atoms with E-state index in [0.717, 1.165) is 17.3 Å². The highest BCUT2D eigenvalue weighted by molar-refractivity contribution is 9.11. The van der Waals surface area contributed by atoms with Crippen LogP contribution in [0.15, 0.2) is 66.6 Å². The third kappa shape index (κ3) is 6.37. The third-order valence-corrected chi connectivity index (χ3v) is 6.71. The highest BCUT2D eigenvalue weighted by Gasteiger charge is 2.33. The molecule has 0 atom stereocenters. The average Bonchev–Trinajstić information content (AvgIpc) is 3.08. The van der Waals surface area contributed by atoms with E-state index in [1.807, 2.05) is 0 Å². The number of ether oxygens (including phenoxy) is 2. The SMILES string of the molecule is CCOC(=O)C1=C(O)/C(=C/c2cc(Br)c(OCc3ccc(F)cc3)c(Br)c2)SC1=NC(=O)CC. The van der Waals surface area contributed by atoms with E-state index in [9.17, 15) is 19.1 Å². The zero-order chi connectivity index (χ0) is 24.8. The monoisotopic (exact) mass is 611 g/mol. The van der Waals surface area contributed by atoms with Crippen LogP contribution in [0.3, 0.4) is 0 Å². The Morgan fingerprint density at radius 2 is 1.79 bits per heavy atom. The number of esters is 1. The molecule has 0 spiro atoms. The molecule has 6 nitrogen and oxygen atoms in total. The lowest BCUT2D eigenvalue weighted by molar-refractivity contribution is -0.138. The molecule has 0 bridgehead atoms. The van der Waals surface area contributed by atoms with Gasteiger partial charge < -0.3 is 14.6 Å². The summed E-state index contributed by atoms with van der Waals surface area (Å²) in [4.78, 5) is 28.5. The second-order valence-corrected chi connectivity index (χ2v) is 9.69. The van der Waals surface area contributed by atoms with Crippen molar-refractivity contribution in [3.05, 3.63) is 78.5 Å². The Morgan fingerprint density at radius 1 is 1.15 bits per heavy atom. The molecule has 2 aromatic rings. The first-order valence-electron chi connectivity index (χ1n) is 10.2. The lowest BCUT2D eigenvalue weighted by Crippen LogP contribution is -2.14. The van der Waals surface area contributed by atoms with Crippen molar-refractivity contribution in [3.63, 3.8) is 0 Å². The summed E-state index contributed by atoms with van der Waals surface area (Å²) < 4.78 is 25.3. The highest BCUT2D eigenvalue weighted by Crippen LogP contribution is 2.41. The first-order valence-corrected chi connectivity index (χ1v) is 12.6. The van der Waals surface area contributed by atoms with Gasteiger partial charge in [0.05, 0.1) is 20.5 Å². The number of aliphatic imine (C=N–C) groups is 1. The Kier molecular flexibility index (Phi) is 9.10. The van der Waals surface area contributed by atoms with Crippen molar-refractivity contribution in [2.45, 2.75) is 26.9 Å². The van der Waals surface area contributed by atoms with E-state index in [0.29, 0.717) is 25.2 Å². The largest absolute Gasteiger partial charge is 0.506 e. The number of carbonyl (C=O) groups is 2. The van der Waals surface area contributed by atoms with Crippen LogP contribution in [0.1, 0.15) is 31.4 Å². The summed E-state index contributed by atoms with van der Waals surface area (Å²) in [6, 6.07) is 9.59. The van der Waals surface area contributed by atoms with Gasteiger partial charge >= 0.3 is 5.97 Å². The molecule has 10 heteroatoms. The fraction of sp³-hybridized carbons (Fsp3) is 0.208. The van der Waals surface area contributed by atoms with Crippen molar-refractivity contribution in [1.82, 2.24) is 0 Å². The minimum atomic E-state index is -0.745. The fourth-order valence-electron chi connectivity index (χ4n) is 2.87. The molecule has 2 aromatic carbocycles. The van der Waals surface area contributed by atoms with Crippen molar-refractivity contribution in [3.8, 4) is 5.75 Å². The van der Waals surface area contributed by atoms with Gasteiger partial charge in [0.15, 0.2) is 0 Å². The Balaban J connectivity index is 1.89. The second kappa shape index (κ2) is 11.8. The van der Waals surface area contributed by atoms with Crippen LogP contribution in [0.4, 0.5) is 4.39 Å². The van der Waals surface area contributed by atoms with Gasteiger partial charge in [-0.2, -0.15) is 0 Å². The van der Waals surface area contributed by atoms with Gasteiger partial charge in [-0.05, 0) is 80.3 Å². The van der Waals surface area contributed by atoms with Crippen LogP contribution in [0.25, 0.3) is 6.08 Å². The highest BCUT2D eigenvalue weighted by atomic mass is 79.9. The van der Waals surface area contributed by atoms with E-state index in [-0.39, 0.29) is 41.8 Å². The number of hydrogen-bond acceptors (Lipinski definition) is 6. The second-order valence-electron chi connectivity index (χ2n) is 6.95. The summed E-state index contributed by atoms with van der Waals surface area (Å²) >= 11 is 8.00. The smallest absolute Gasteiger partial charge is 0.344 e. The Hall–Kier alpha value is -2.43. The summed E-state index contributed by atoms with van der Waals surface area (Å²) in [5, 5.41) is 10.8. The van der Waals surface area contributed by atoms with Crippen LogP contribution >= 0.6 is 43.6 Å². The number of aliphatic hydroxyl groups excluding tert-OH is 1. The molecule has 3 rings (SSSR count). The number of halogens is 3. The zero-order valence-electron chi connectivity index (χ0n) is 18.2. The quantitative estimate of drug-likeness (QED) is 0.349. The number of carbonyl (C=O) groups excluding carboxylic acids is 2. The summed E-state index contributed by atoms with van der Waals surface area (Å²) in [6.07, 6.45) is 1.83. The van der Waals surface area contributed by atoms with Gasteiger partial charge in [-0.25, -0.2) is 14.2 Å². The normalized spacial score (nSPS) is 15.8. The first-order chi connectivity index (χ1) is 16.2. The molecular formula is C24H20Br2FNO5S. The molecule has 34 heavy (non-hydrogen) atoms. The zero-order valence-corrected chi connectivity index (χ0v) is 22.2. The van der Waals surface area contributed by atoms with E-state index >= 15 is 0 Å². The maximum atomic E-state index is 13.1. The summed E-state index contributed by atoms with van der Waals surface area (Å²) in [5.74, 6) is -1.22. The summed E-state index contributed by atoms with van der Waals surface area (Å²) in [7, 11) is 0. The van der Waals surface area contributed by atoms with Crippen LogP contribution in [-0.4, -0.2) is 28.6 Å².